The molecule has 5 nitrogen and oxygen atoms in total. The molecular formula is C18H20N4O. The first kappa shape index (κ1) is 15.0. The lowest BCUT2D eigenvalue weighted by molar-refractivity contribution is 0.759. The number of rotatable bonds is 3. The molecule has 3 rings (SSSR count). The quantitative estimate of drug-likeness (QED) is 0.680. The van der Waals surface area contributed by atoms with Crippen molar-refractivity contribution in [3.63, 3.8) is 0 Å². The average molecular weight is 308 g/mol. The van der Waals surface area contributed by atoms with Crippen molar-refractivity contribution in [2.24, 2.45) is 0 Å². The van der Waals surface area contributed by atoms with E-state index in [9.17, 15) is 4.79 Å². The van der Waals surface area contributed by atoms with Crippen LogP contribution in [0.3, 0.4) is 0 Å². The molecule has 0 unspecified atom stereocenters. The van der Waals surface area contributed by atoms with Crippen LogP contribution in [0.5, 0.6) is 0 Å². The Labute approximate surface area is 133 Å². The van der Waals surface area contributed by atoms with Gasteiger partial charge in [0.25, 0.3) is 5.56 Å². The molecule has 23 heavy (non-hydrogen) atoms. The zero-order valence-corrected chi connectivity index (χ0v) is 13.3. The summed E-state index contributed by atoms with van der Waals surface area (Å²) in [5.41, 5.74) is 2.24. The number of benzene rings is 1. The summed E-state index contributed by atoms with van der Waals surface area (Å²) < 4.78 is 1.79. The van der Waals surface area contributed by atoms with Gasteiger partial charge >= 0.3 is 0 Å². The third kappa shape index (κ3) is 2.30. The third-order valence-electron chi connectivity index (χ3n) is 3.98. The van der Waals surface area contributed by atoms with Gasteiger partial charge in [0.1, 0.15) is 0 Å². The maximum absolute atomic E-state index is 13.1. The molecule has 0 spiro atoms. The van der Waals surface area contributed by atoms with Crippen molar-refractivity contribution in [1.82, 2.24) is 20.0 Å². The molecule has 0 atom stereocenters. The van der Waals surface area contributed by atoms with Gasteiger partial charge in [0.15, 0.2) is 0 Å². The summed E-state index contributed by atoms with van der Waals surface area (Å²) in [5.74, 6) is 0. The Morgan fingerprint density at radius 1 is 1.17 bits per heavy atom. The molecule has 0 fully saturated rings. The number of hydrogen-bond donors (Lipinski definition) is 3. The standard InChI is InChI=1S/C18H20N4O/c1-4-9-13-12(5-2)16-17(20-21-19-16)14-10-7-8-11-15(14)22(6-3)18(13)23/h4-5,7-11,19-21H,2,6H2,1,3H3/b9-4-,13-12?. The summed E-state index contributed by atoms with van der Waals surface area (Å²) >= 11 is 0. The SMILES string of the molecule is C=Cc1c(/C=C\C)c(=O)n(CC)c2ccccc2c2[nH][nH][nH]c1=2. The first-order valence-electron chi connectivity index (χ1n) is 7.65. The van der Waals surface area contributed by atoms with Gasteiger partial charge in [-0.25, -0.2) is 5.21 Å². The van der Waals surface area contributed by atoms with Crippen molar-refractivity contribution in [3.05, 3.63) is 69.1 Å². The number of nitrogens with zero attached hydrogens (tertiary/aromatic N) is 1. The highest BCUT2D eigenvalue weighted by atomic mass is 16.1. The van der Waals surface area contributed by atoms with Crippen LogP contribution >= 0.6 is 0 Å². The number of fused-ring (bicyclic) bond motifs is 2. The van der Waals surface area contributed by atoms with E-state index in [2.05, 4.69) is 22.0 Å². The zero-order valence-electron chi connectivity index (χ0n) is 13.3. The highest BCUT2D eigenvalue weighted by molar-refractivity contribution is 5.79. The van der Waals surface area contributed by atoms with Crippen LogP contribution in [-0.4, -0.2) is 20.0 Å². The Morgan fingerprint density at radius 3 is 2.61 bits per heavy atom. The van der Waals surface area contributed by atoms with Crippen LogP contribution in [0, 0.1) is 10.7 Å². The Balaban J connectivity index is 2.83. The molecule has 0 aromatic heterocycles. The molecule has 118 valence electrons. The minimum absolute atomic E-state index is 0.0341. The van der Waals surface area contributed by atoms with E-state index < -0.39 is 0 Å². The van der Waals surface area contributed by atoms with E-state index in [0.717, 1.165) is 27.2 Å². The van der Waals surface area contributed by atoms with Gasteiger partial charge in [-0.15, -0.1) is 0 Å². The predicted octanol–water partition coefficient (Wildman–Crippen LogP) is 3.53. The van der Waals surface area contributed by atoms with E-state index in [4.69, 9.17) is 0 Å². The number of aromatic nitrogens is 4. The van der Waals surface area contributed by atoms with Crippen molar-refractivity contribution in [1.29, 1.82) is 0 Å². The van der Waals surface area contributed by atoms with Gasteiger partial charge in [0.2, 0.25) is 0 Å². The normalized spacial score (nSPS) is 11.4. The average Bonchev–Trinajstić information content (AvgIpc) is 3.04. The second-order valence-corrected chi connectivity index (χ2v) is 5.22. The maximum atomic E-state index is 13.1. The number of aromatic amines is 3. The lowest BCUT2D eigenvalue weighted by atomic mass is 10.1. The molecule has 0 saturated heterocycles. The van der Waals surface area contributed by atoms with Crippen molar-refractivity contribution in [3.8, 4) is 0 Å². The van der Waals surface area contributed by atoms with Crippen LogP contribution in [0.4, 0.5) is 0 Å². The highest BCUT2D eigenvalue weighted by Crippen LogP contribution is 2.16. The topological polar surface area (TPSA) is 69.4 Å². The lowest BCUT2D eigenvalue weighted by Gasteiger charge is -2.08. The molecule has 0 radical (unpaired) electrons. The van der Waals surface area contributed by atoms with Gasteiger partial charge < -0.3 is 4.57 Å². The highest BCUT2D eigenvalue weighted by Gasteiger charge is 2.10. The molecule has 3 N–H and O–H groups in total. The molecule has 2 aliphatic rings. The number of para-hydroxylation sites is 1. The summed E-state index contributed by atoms with van der Waals surface area (Å²) in [7, 11) is 0. The first-order valence-corrected chi connectivity index (χ1v) is 7.65. The lowest BCUT2D eigenvalue weighted by Crippen LogP contribution is -2.21. The van der Waals surface area contributed by atoms with Crippen LogP contribution in [0.15, 0.2) is 41.7 Å². The fraction of sp³-hybridized carbons (Fsp3) is 0.167. The zero-order chi connectivity index (χ0) is 16.4. The van der Waals surface area contributed by atoms with Crippen LogP contribution < -0.4 is 5.56 Å². The van der Waals surface area contributed by atoms with E-state index in [1.807, 2.05) is 50.3 Å². The minimum Gasteiger partial charge on any atom is -0.308 e. The largest absolute Gasteiger partial charge is 0.308 e. The van der Waals surface area contributed by atoms with Crippen LogP contribution in [0.25, 0.3) is 23.1 Å². The van der Waals surface area contributed by atoms with Crippen molar-refractivity contribution < 1.29 is 0 Å². The smallest absolute Gasteiger partial charge is 0.258 e. The number of hydrogen-bond acceptors (Lipinski definition) is 1. The number of nitrogens with one attached hydrogen (secondary N) is 3. The summed E-state index contributed by atoms with van der Waals surface area (Å²) in [6.07, 6.45) is 5.42. The fourth-order valence-electron chi connectivity index (χ4n) is 2.96. The maximum Gasteiger partial charge on any atom is 0.258 e. The molecule has 0 saturated carbocycles. The Kier molecular flexibility index (Phi) is 3.93. The van der Waals surface area contributed by atoms with Gasteiger partial charge in [0, 0.05) is 23.1 Å². The van der Waals surface area contributed by atoms with E-state index >= 15 is 0 Å². The first-order chi connectivity index (χ1) is 11.2. The van der Waals surface area contributed by atoms with Crippen molar-refractivity contribution >= 4 is 23.1 Å². The van der Waals surface area contributed by atoms with E-state index in [0.29, 0.717) is 12.1 Å². The molecule has 5 heteroatoms. The molecule has 2 aliphatic heterocycles. The molecule has 0 bridgehead atoms. The molecule has 0 amide bonds. The monoisotopic (exact) mass is 308 g/mol. The Bertz CT molecular complexity index is 1060. The summed E-state index contributed by atoms with van der Waals surface area (Å²) in [4.78, 5) is 13.1. The molecular weight excluding hydrogens is 288 g/mol. The van der Waals surface area contributed by atoms with Gasteiger partial charge in [-0.2, -0.15) is 0 Å². The van der Waals surface area contributed by atoms with Crippen LogP contribution in [-0.2, 0) is 6.54 Å². The Hall–Kier alpha value is -2.95. The minimum atomic E-state index is -0.0341. The second kappa shape index (κ2) is 6.04. The van der Waals surface area contributed by atoms with Crippen molar-refractivity contribution in [2.45, 2.75) is 20.4 Å². The van der Waals surface area contributed by atoms with E-state index in [1.54, 1.807) is 10.6 Å². The Morgan fingerprint density at radius 2 is 1.91 bits per heavy atom. The third-order valence-corrected chi connectivity index (χ3v) is 3.98. The summed E-state index contributed by atoms with van der Waals surface area (Å²) in [6.45, 7) is 8.36. The summed E-state index contributed by atoms with van der Waals surface area (Å²) in [5, 5.41) is 11.9. The molecule has 1 aromatic rings. The van der Waals surface area contributed by atoms with Gasteiger partial charge in [-0.3, -0.25) is 15.0 Å². The van der Waals surface area contributed by atoms with Gasteiger partial charge in [0.05, 0.1) is 16.2 Å². The van der Waals surface area contributed by atoms with Crippen LogP contribution in [0.2, 0.25) is 0 Å². The van der Waals surface area contributed by atoms with E-state index in [1.165, 1.54) is 0 Å². The molecule has 2 heterocycles. The number of allylic oxidation sites excluding steroid dienone is 1. The summed E-state index contributed by atoms with van der Waals surface area (Å²) in [6, 6.07) is 7.88. The van der Waals surface area contributed by atoms with Crippen LogP contribution in [0.1, 0.15) is 25.0 Å². The van der Waals surface area contributed by atoms with Crippen molar-refractivity contribution in [2.75, 3.05) is 0 Å². The molecule has 0 aliphatic carbocycles. The van der Waals surface area contributed by atoms with E-state index in [-0.39, 0.29) is 5.56 Å². The molecule has 1 aromatic carbocycles. The second-order valence-electron chi connectivity index (χ2n) is 5.22. The number of H-pyrrole nitrogens is 3. The van der Waals surface area contributed by atoms with Gasteiger partial charge in [-0.05, 0) is 19.9 Å². The number of aryl methyl sites for hydroxylation is 1. The van der Waals surface area contributed by atoms with Gasteiger partial charge in [-0.1, -0.05) is 43.0 Å². The fourth-order valence-corrected chi connectivity index (χ4v) is 2.96. The predicted molar refractivity (Wildman–Crippen MR) is 94.7 cm³/mol.